The van der Waals surface area contributed by atoms with Gasteiger partial charge in [0.2, 0.25) is 0 Å². The van der Waals surface area contributed by atoms with Crippen molar-refractivity contribution >= 4 is 35.2 Å². The van der Waals surface area contributed by atoms with Crippen LogP contribution < -0.4 is 4.74 Å². The predicted molar refractivity (Wildman–Crippen MR) is 85.2 cm³/mol. The Morgan fingerprint density at radius 2 is 2.14 bits per heavy atom. The maximum absolute atomic E-state index is 10.7. The lowest BCUT2D eigenvalue weighted by atomic mass is 9.88. The van der Waals surface area contributed by atoms with Gasteiger partial charge in [0.25, 0.3) is 0 Å². The molecule has 0 heterocycles. The molecule has 0 bridgehead atoms. The molecule has 0 spiro atoms. The van der Waals surface area contributed by atoms with Crippen LogP contribution in [0.3, 0.4) is 0 Å². The van der Waals surface area contributed by atoms with E-state index in [1.165, 1.54) is 12.5 Å². The van der Waals surface area contributed by atoms with Crippen LogP contribution in [0.4, 0.5) is 0 Å². The SMILES string of the molecule is CC1CCCC(Oc2c(Cl)cc(Cl)cc2C=CC(=O)O)C1. The van der Waals surface area contributed by atoms with E-state index in [-0.39, 0.29) is 6.10 Å². The maximum Gasteiger partial charge on any atom is 0.328 e. The molecule has 2 rings (SSSR count). The Labute approximate surface area is 134 Å². The molecule has 0 aliphatic heterocycles. The van der Waals surface area contributed by atoms with Crippen LogP contribution in [-0.2, 0) is 4.79 Å². The van der Waals surface area contributed by atoms with Crippen LogP contribution in [-0.4, -0.2) is 17.2 Å². The molecule has 5 heteroatoms. The van der Waals surface area contributed by atoms with Crippen LogP contribution in [0.2, 0.25) is 10.0 Å². The zero-order valence-corrected chi connectivity index (χ0v) is 13.3. The average Bonchev–Trinajstić information content (AvgIpc) is 2.39. The molecule has 0 saturated heterocycles. The largest absolute Gasteiger partial charge is 0.488 e. The van der Waals surface area contributed by atoms with Crippen molar-refractivity contribution in [1.29, 1.82) is 0 Å². The van der Waals surface area contributed by atoms with Crippen molar-refractivity contribution in [1.82, 2.24) is 0 Å². The van der Waals surface area contributed by atoms with Gasteiger partial charge in [-0.2, -0.15) is 0 Å². The molecule has 114 valence electrons. The van der Waals surface area contributed by atoms with Gasteiger partial charge in [0.05, 0.1) is 11.1 Å². The van der Waals surface area contributed by atoms with Crippen molar-refractivity contribution < 1.29 is 14.6 Å². The molecular weight excluding hydrogens is 311 g/mol. The second-order valence-corrected chi connectivity index (χ2v) is 6.33. The standard InChI is InChI=1S/C16H18Cl2O3/c1-10-3-2-4-13(7-10)21-16-11(5-6-15(19)20)8-12(17)9-14(16)18/h5-6,8-10,13H,2-4,7H2,1H3,(H,19,20). The Morgan fingerprint density at radius 1 is 1.38 bits per heavy atom. The third-order valence-corrected chi connectivity index (χ3v) is 4.11. The van der Waals surface area contributed by atoms with Crippen molar-refractivity contribution in [3.05, 3.63) is 33.8 Å². The Kier molecular flexibility index (Phi) is 5.54. The summed E-state index contributed by atoms with van der Waals surface area (Å²) in [6, 6.07) is 3.28. The van der Waals surface area contributed by atoms with E-state index < -0.39 is 5.97 Å². The van der Waals surface area contributed by atoms with E-state index in [1.807, 2.05) is 0 Å². The lowest BCUT2D eigenvalue weighted by molar-refractivity contribution is -0.131. The van der Waals surface area contributed by atoms with Gasteiger partial charge in [-0.3, -0.25) is 0 Å². The highest BCUT2D eigenvalue weighted by Crippen LogP contribution is 2.36. The second kappa shape index (κ2) is 7.19. The third kappa shape index (κ3) is 4.65. The highest BCUT2D eigenvalue weighted by atomic mass is 35.5. The van der Waals surface area contributed by atoms with Gasteiger partial charge in [0.1, 0.15) is 5.75 Å². The first-order valence-electron chi connectivity index (χ1n) is 7.02. The first-order valence-corrected chi connectivity index (χ1v) is 7.78. The molecule has 2 unspecified atom stereocenters. The summed E-state index contributed by atoms with van der Waals surface area (Å²) < 4.78 is 6.04. The Bertz CT molecular complexity index is 555. The molecule has 1 aliphatic carbocycles. The van der Waals surface area contributed by atoms with E-state index >= 15 is 0 Å². The van der Waals surface area contributed by atoms with Gasteiger partial charge >= 0.3 is 5.97 Å². The summed E-state index contributed by atoms with van der Waals surface area (Å²) in [6.07, 6.45) is 6.97. The summed E-state index contributed by atoms with van der Waals surface area (Å²) in [5.74, 6) is 0.119. The summed E-state index contributed by atoms with van der Waals surface area (Å²) in [5.41, 5.74) is 0.591. The molecule has 0 aromatic heterocycles. The number of carboxylic acids is 1. The average molecular weight is 329 g/mol. The number of halogens is 2. The monoisotopic (exact) mass is 328 g/mol. The number of ether oxygens (including phenoxy) is 1. The third-order valence-electron chi connectivity index (χ3n) is 3.62. The fourth-order valence-electron chi connectivity index (χ4n) is 2.64. The van der Waals surface area contributed by atoms with Crippen LogP contribution in [0, 0.1) is 5.92 Å². The number of hydrogen-bond donors (Lipinski definition) is 1. The van der Waals surface area contributed by atoms with Crippen LogP contribution in [0.15, 0.2) is 18.2 Å². The van der Waals surface area contributed by atoms with Crippen LogP contribution >= 0.6 is 23.2 Å². The van der Waals surface area contributed by atoms with Gasteiger partial charge in [0, 0.05) is 16.7 Å². The van der Waals surface area contributed by atoms with Crippen molar-refractivity contribution in [2.45, 2.75) is 38.7 Å². The van der Waals surface area contributed by atoms with Gasteiger partial charge < -0.3 is 9.84 Å². The van der Waals surface area contributed by atoms with E-state index in [0.717, 1.165) is 25.3 Å². The molecule has 1 aliphatic rings. The molecule has 1 N–H and O–H groups in total. The molecule has 0 amide bonds. The minimum Gasteiger partial charge on any atom is -0.488 e. The molecule has 2 atom stereocenters. The first kappa shape index (κ1) is 16.2. The maximum atomic E-state index is 10.7. The Hall–Kier alpha value is -1.19. The number of aliphatic carboxylic acids is 1. The zero-order valence-electron chi connectivity index (χ0n) is 11.8. The quantitative estimate of drug-likeness (QED) is 0.787. The second-order valence-electron chi connectivity index (χ2n) is 5.49. The molecular formula is C16H18Cl2O3. The normalized spacial score (nSPS) is 22.4. The summed E-state index contributed by atoms with van der Waals surface area (Å²) >= 11 is 12.2. The van der Waals surface area contributed by atoms with E-state index in [0.29, 0.717) is 27.3 Å². The molecule has 1 aromatic rings. The minimum absolute atomic E-state index is 0.115. The van der Waals surface area contributed by atoms with Crippen LogP contribution in [0.5, 0.6) is 5.75 Å². The molecule has 1 fully saturated rings. The number of hydrogen-bond acceptors (Lipinski definition) is 2. The van der Waals surface area contributed by atoms with Crippen LogP contribution in [0.25, 0.3) is 6.08 Å². The topological polar surface area (TPSA) is 46.5 Å². The number of benzene rings is 1. The van der Waals surface area contributed by atoms with Crippen molar-refractivity contribution in [2.24, 2.45) is 5.92 Å². The predicted octanol–water partition coefficient (Wildman–Crippen LogP) is 5.05. The molecule has 1 aromatic carbocycles. The smallest absolute Gasteiger partial charge is 0.328 e. The van der Waals surface area contributed by atoms with Crippen LogP contribution in [0.1, 0.15) is 38.2 Å². The Balaban J connectivity index is 2.26. The van der Waals surface area contributed by atoms with E-state index in [4.69, 9.17) is 33.0 Å². The van der Waals surface area contributed by atoms with E-state index in [2.05, 4.69) is 6.92 Å². The number of carbonyl (C=O) groups is 1. The fourth-order valence-corrected chi connectivity index (χ4v) is 3.20. The molecule has 0 radical (unpaired) electrons. The lowest BCUT2D eigenvalue weighted by Gasteiger charge is -2.28. The van der Waals surface area contributed by atoms with E-state index in [1.54, 1.807) is 12.1 Å². The van der Waals surface area contributed by atoms with Crippen molar-refractivity contribution in [3.8, 4) is 5.75 Å². The zero-order chi connectivity index (χ0) is 15.4. The number of carboxylic acid groups (broad SMARTS) is 1. The molecule has 21 heavy (non-hydrogen) atoms. The van der Waals surface area contributed by atoms with E-state index in [9.17, 15) is 4.79 Å². The van der Waals surface area contributed by atoms with Gasteiger partial charge in [-0.1, -0.05) is 36.5 Å². The summed E-state index contributed by atoms with van der Waals surface area (Å²) in [5, 5.41) is 9.63. The van der Waals surface area contributed by atoms with Gasteiger partial charge in [-0.25, -0.2) is 4.79 Å². The highest BCUT2D eigenvalue weighted by Gasteiger charge is 2.22. The van der Waals surface area contributed by atoms with Gasteiger partial charge in [0.15, 0.2) is 0 Å². The summed E-state index contributed by atoms with van der Waals surface area (Å²) in [7, 11) is 0. The molecule has 3 nitrogen and oxygen atoms in total. The summed E-state index contributed by atoms with van der Waals surface area (Å²) in [4.78, 5) is 10.7. The molecule has 1 saturated carbocycles. The highest BCUT2D eigenvalue weighted by molar-refractivity contribution is 6.35. The van der Waals surface area contributed by atoms with Crippen molar-refractivity contribution in [2.75, 3.05) is 0 Å². The first-order chi connectivity index (χ1) is 9.95. The summed E-state index contributed by atoms with van der Waals surface area (Å²) in [6.45, 7) is 2.21. The minimum atomic E-state index is -1.02. The number of rotatable bonds is 4. The lowest BCUT2D eigenvalue weighted by Crippen LogP contribution is -2.24. The van der Waals surface area contributed by atoms with Gasteiger partial charge in [-0.15, -0.1) is 0 Å². The van der Waals surface area contributed by atoms with Crippen molar-refractivity contribution in [3.63, 3.8) is 0 Å². The fraction of sp³-hybridized carbons (Fsp3) is 0.438. The van der Waals surface area contributed by atoms with Gasteiger partial charge in [-0.05, 0) is 43.4 Å². The Morgan fingerprint density at radius 3 is 2.81 bits per heavy atom.